The molecule has 0 heterocycles. The zero-order valence-electron chi connectivity index (χ0n) is 9.91. The largest absolute Gasteiger partial charge is 0.394 e. The zero-order valence-corrected chi connectivity index (χ0v) is 9.91. The second kappa shape index (κ2) is 5.88. The molecule has 0 aliphatic rings. The molecule has 0 radical (unpaired) electrons. The summed E-state index contributed by atoms with van der Waals surface area (Å²) in [5.74, 6) is -2.99. The molecule has 0 unspecified atom stereocenters. The molecule has 0 spiro atoms. The number of halogens is 2. The Hall–Kier alpha value is -1.53. The lowest BCUT2D eigenvalue weighted by molar-refractivity contribution is 0.0646. The minimum Gasteiger partial charge on any atom is -0.394 e. The first-order valence-corrected chi connectivity index (χ1v) is 5.48. The van der Waals surface area contributed by atoms with Gasteiger partial charge in [0, 0.05) is 0 Å². The summed E-state index contributed by atoms with van der Waals surface area (Å²) < 4.78 is 26.7. The second-order valence-corrected chi connectivity index (χ2v) is 4.00. The lowest BCUT2D eigenvalue weighted by atomic mass is 9.97. The molecular formula is C12H15F2NO3. The number of carbonyl (C=O) groups is 1. The van der Waals surface area contributed by atoms with Gasteiger partial charge in [0.2, 0.25) is 0 Å². The number of rotatable bonds is 5. The number of hydrogen-bond donors (Lipinski definition) is 3. The van der Waals surface area contributed by atoms with Gasteiger partial charge in [0.25, 0.3) is 5.91 Å². The number of carbonyl (C=O) groups excluding carboxylic acids is 1. The number of aliphatic hydroxyl groups excluding tert-OH is 2. The van der Waals surface area contributed by atoms with E-state index in [0.29, 0.717) is 0 Å². The van der Waals surface area contributed by atoms with Crippen molar-refractivity contribution in [2.45, 2.75) is 18.9 Å². The number of aliphatic hydroxyl groups is 2. The fraction of sp³-hybridized carbons (Fsp3) is 0.417. The molecule has 18 heavy (non-hydrogen) atoms. The summed E-state index contributed by atoms with van der Waals surface area (Å²) in [7, 11) is 0. The summed E-state index contributed by atoms with van der Waals surface area (Å²) >= 11 is 0. The molecule has 3 N–H and O–H groups in total. The predicted molar refractivity (Wildman–Crippen MR) is 61.0 cm³/mol. The van der Waals surface area contributed by atoms with Crippen LogP contribution in [0.2, 0.25) is 0 Å². The van der Waals surface area contributed by atoms with Gasteiger partial charge in [-0.15, -0.1) is 0 Å². The van der Waals surface area contributed by atoms with E-state index in [1.54, 1.807) is 6.92 Å². The third kappa shape index (κ3) is 2.83. The van der Waals surface area contributed by atoms with Crippen LogP contribution in [0.1, 0.15) is 23.7 Å². The van der Waals surface area contributed by atoms with E-state index in [1.165, 1.54) is 0 Å². The van der Waals surface area contributed by atoms with Crippen molar-refractivity contribution in [2.75, 3.05) is 13.2 Å². The molecule has 4 nitrogen and oxygen atoms in total. The van der Waals surface area contributed by atoms with E-state index in [2.05, 4.69) is 5.32 Å². The average molecular weight is 259 g/mol. The van der Waals surface area contributed by atoms with Gasteiger partial charge in [0.1, 0.15) is 17.2 Å². The van der Waals surface area contributed by atoms with E-state index >= 15 is 0 Å². The van der Waals surface area contributed by atoms with Gasteiger partial charge in [-0.25, -0.2) is 8.78 Å². The monoisotopic (exact) mass is 259 g/mol. The Kier molecular flexibility index (Phi) is 4.75. The highest BCUT2D eigenvalue weighted by atomic mass is 19.1. The summed E-state index contributed by atoms with van der Waals surface area (Å²) in [5.41, 5.74) is -2.01. The Morgan fingerprint density at radius 1 is 1.28 bits per heavy atom. The van der Waals surface area contributed by atoms with Crippen molar-refractivity contribution < 1.29 is 23.8 Å². The van der Waals surface area contributed by atoms with Crippen LogP contribution in [0.3, 0.4) is 0 Å². The normalized spacial score (nSPS) is 11.4. The van der Waals surface area contributed by atoms with Crippen LogP contribution in [0.25, 0.3) is 0 Å². The molecule has 1 rings (SSSR count). The number of amides is 1. The van der Waals surface area contributed by atoms with Crippen LogP contribution in [-0.4, -0.2) is 34.9 Å². The Morgan fingerprint density at radius 3 is 2.17 bits per heavy atom. The van der Waals surface area contributed by atoms with Gasteiger partial charge in [-0.3, -0.25) is 4.79 Å². The van der Waals surface area contributed by atoms with Crippen molar-refractivity contribution in [1.29, 1.82) is 0 Å². The van der Waals surface area contributed by atoms with Crippen molar-refractivity contribution in [3.63, 3.8) is 0 Å². The third-order valence-electron chi connectivity index (χ3n) is 2.85. The van der Waals surface area contributed by atoms with Crippen molar-refractivity contribution in [2.24, 2.45) is 0 Å². The van der Waals surface area contributed by atoms with Crippen LogP contribution in [0.15, 0.2) is 18.2 Å². The van der Waals surface area contributed by atoms with Gasteiger partial charge < -0.3 is 15.5 Å². The quantitative estimate of drug-likeness (QED) is 0.733. The van der Waals surface area contributed by atoms with Crippen molar-refractivity contribution in [1.82, 2.24) is 5.32 Å². The summed E-state index contributed by atoms with van der Waals surface area (Å²) in [6.45, 7) is 0.577. The molecule has 6 heteroatoms. The summed E-state index contributed by atoms with van der Waals surface area (Å²) in [5, 5.41) is 20.6. The molecule has 1 aromatic rings. The lowest BCUT2D eigenvalue weighted by Gasteiger charge is -2.29. The van der Waals surface area contributed by atoms with E-state index in [-0.39, 0.29) is 6.42 Å². The third-order valence-corrected chi connectivity index (χ3v) is 2.85. The van der Waals surface area contributed by atoms with Gasteiger partial charge in [-0.2, -0.15) is 0 Å². The highest BCUT2D eigenvalue weighted by molar-refractivity contribution is 5.95. The Labute approximate surface area is 103 Å². The van der Waals surface area contributed by atoms with Crippen LogP contribution in [0.4, 0.5) is 8.78 Å². The lowest BCUT2D eigenvalue weighted by Crippen LogP contribution is -2.54. The summed E-state index contributed by atoms with van der Waals surface area (Å²) in [6, 6.07) is 3.07. The molecule has 0 bridgehead atoms. The molecular weight excluding hydrogens is 244 g/mol. The molecule has 0 atom stereocenters. The fourth-order valence-corrected chi connectivity index (χ4v) is 1.46. The van der Waals surface area contributed by atoms with Gasteiger partial charge in [-0.05, 0) is 18.6 Å². The minimum absolute atomic E-state index is 0.224. The average Bonchev–Trinajstić information content (AvgIpc) is 2.36. The summed E-state index contributed by atoms with van der Waals surface area (Å²) in [4.78, 5) is 11.8. The maximum absolute atomic E-state index is 13.4. The maximum atomic E-state index is 13.4. The smallest absolute Gasteiger partial charge is 0.257 e. The van der Waals surface area contributed by atoms with E-state index < -0.39 is 41.9 Å². The topological polar surface area (TPSA) is 69.6 Å². The van der Waals surface area contributed by atoms with Crippen molar-refractivity contribution in [3.8, 4) is 0 Å². The molecule has 0 saturated heterocycles. The molecule has 100 valence electrons. The SMILES string of the molecule is CCC(CO)(CO)NC(=O)c1c(F)cccc1F. The highest BCUT2D eigenvalue weighted by Gasteiger charge is 2.30. The highest BCUT2D eigenvalue weighted by Crippen LogP contribution is 2.15. The van der Waals surface area contributed by atoms with Gasteiger partial charge in [-0.1, -0.05) is 13.0 Å². The molecule has 0 aliphatic heterocycles. The summed E-state index contributed by atoms with van der Waals surface area (Å²) in [6.07, 6.45) is 0.224. The van der Waals surface area contributed by atoms with Crippen LogP contribution in [-0.2, 0) is 0 Å². The molecule has 1 amide bonds. The van der Waals surface area contributed by atoms with E-state index in [0.717, 1.165) is 18.2 Å². The number of hydrogen-bond acceptors (Lipinski definition) is 3. The Morgan fingerprint density at radius 2 is 1.78 bits per heavy atom. The zero-order chi connectivity index (χ0) is 13.8. The molecule has 0 aliphatic carbocycles. The van der Waals surface area contributed by atoms with Gasteiger partial charge >= 0.3 is 0 Å². The first-order valence-electron chi connectivity index (χ1n) is 5.48. The predicted octanol–water partition coefficient (Wildman–Crippen LogP) is 0.828. The van der Waals surface area contributed by atoms with E-state index in [1.807, 2.05) is 0 Å². The molecule has 0 saturated carbocycles. The Balaban J connectivity index is 3.02. The molecule has 0 fully saturated rings. The fourth-order valence-electron chi connectivity index (χ4n) is 1.46. The van der Waals surface area contributed by atoms with E-state index in [4.69, 9.17) is 10.2 Å². The second-order valence-electron chi connectivity index (χ2n) is 4.00. The van der Waals surface area contributed by atoms with Gasteiger partial charge in [0.15, 0.2) is 0 Å². The maximum Gasteiger partial charge on any atom is 0.257 e. The van der Waals surface area contributed by atoms with Crippen molar-refractivity contribution in [3.05, 3.63) is 35.4 Å². The molecule has 0 aromatic heterocycles. The van der Waals surface area contributed by atoms with Gasteiger partial charge in [0.05, 0.1) is 18.8 Å². The number of benzene rings is 1. The van der Waals surface area contributed by atoms with Crippen LogP contribution >= 0.6 is 0 Å². The van der Waals surface area contributed by atoms with Crippen LogP contribution < -0.4 is 5.32 Å². The van der Waals surface area contributed by atoms with Crippen LogP contribution in [0.5, 0.6) is 0 Å². The van der Waals surface area contributed by atoms with Crippen LogP contribution in [0, 0.1) is 11.6 Å². The molecule has 1 aromatic carbocycles. The van der Waals surface area contributed by atoms with E-state index in [9.17, 15) is 13.6 Å². The van der Waals surface area contributed by atoms with Crippen molar-refractivity contribution >= 4 is 5.91 Å². The minimum atomic E-state index is -1.29. The first kappa shape index (κ1) is 14.5. The number of nitrogens with one attached hydrogen (secondary N) is 1. The first-order chi connectivity index (χ1) is 8.49. The Bertz CT molecular complexity index is 405. The standard InChI is InChI=1S/C12H15F2NO3/c1-2-12(6-16,7-17)15-11(18)10-8(13)4-3-5-9(10)14/h3-5,16-17H,2,6-7H2,1H3,(H,15,18).